The molecule has 2 atom stereocenters. The van der Waals surface area contributed by atoms with Crippen LogP contribution in [0, 0.1) is 0 Å². The summed E-state index contributed by atoms with van der Waals surface area (Å²) in [7, 11) is 3.13. The fourth-order valence-corrected chi connectivity index (χ4v) is 2.53. The van der Waals surface area contributed by atoms with Gasteiger partial charge in [-0.1, -0.05) is 12.8 Å². The Bertz CT molecular complexity index is 454. The molecule has 0 saturated heterocycles. The molecule has 0 radical (unpaired) electrons. The monoisotopic (exact) mass is 278 g/mol. The predicted octanol–water partition coefficient (Wildman–Crippen LogP) is 1.70. The molecule has 110 valence electrons. The first-order chi connectivity index (χ1) is 9.63. The molecule has 20 heavy (non-hydrogen) atoms. The van der Waals surface area contributed by atoms with Crippen molar-refractivity contribution in [1.82, 2.24) is 5.32 Å². The molecule has 1 aromatic carbocycles. The standard InChI is InChI=1S/C15H22N2O3/c1-19-11-7-10(8-12(9-11)20-2)15(18)17-14-6-4-3-5-13(14)16/h7-9,13-14H,3-6,16H2,1-2H3,(H,17,18). The third-order valence-corrected chi connectivity index (χ3v) is 3.75. The second-order valence-electron chi connectivity index (χ2n) is 5.13. The number of nitrogens with one attached hydrogen (secondary N) is 1. The highest BCUT2D eigenvalue weighted by Crippen LogP contribution is 2.23. The van der Waals surface area contributed by atoms with Gasteiger partial charge >= 0.3 is 0 Å². The summed E-state index contributed by atoms with van der Waals surface area (Å²) < 4.78 is 10.3. The lowest BCUT2D eigenvalue weighted by Gasteiger charge is -2.29. The van der Waals surface area contributed by atoms with E-state index in [0.29, 0.717) is 17.1 Å². The van der Waals surface area contributed by atoms with E-state index in [0.717, 1.165) is 25.7 Å². The molecule has 3 N–H and O–H groups in total. The van der Waals surface area contributed by atoms with E-state index in [-0.39, 0.29) is 18.0 Å². The summed E-state index contributed by atoms with van der Waals surface area (Å²) in [4.78, 5) is 12.3. The van der Waals surface area contributed by atoms with Crippen molar-refractivity contribution in [1.29, 1.82) is 0 Å². The summed E-state index contributed by atoms with van der Waals surface area (Å²) in [5.41, 5.74) is 6.58. The SMILES string of the molecule is COc1cc(OC)cc(C(=O)NC2CCCCC2N)c1. The number of carbonyl (C=O) groups is 1. The van der Waals surface area contributed by atoms with Crippen molar-refractivity contribution in [2.24, 2.45) is 5.73 Å². The molecule has 1 aliphatic rings. The Morgan fingerprint density at radius 3 is 2.30 bits per heavy atom. The van der Waals surface area contributed by atoms with Crippen molar-refractivity contribution in [3.63, 3.8) is 0 Å². The number of ether oxygens (including phenoxy) is 2. The number of benzene rings is 1. The van der Waals surface area contributed by atoms with Crippen molar-refractivity contribution in [2.45, 2.75) is 37.8 Å². The molecular weight excluding hydrogens is 256 g/mol. The highest BCUT2D eigenvalue weighted by atomic mass is 16.5. The lowest BCUT2D eigenvalue weighted by molar-refractivity contribution is 0.0920. The molecule has 0 bridgehead atoms. The van der Waals surface area contributed by atoms with Gasteiger partial charge in [0, 0.05) is 23.7 Å². The topological polar surface area (TPSA) is 73.6 Å². The number of amides is 1. The Balaban J connectivity index is 2.11. The summed E-state index contributed by atoms with van der Waals surface area (Å²) in [6, 6.07) is 5.23. The van der Waals surface area contributed by atoms with E-state index >= 15 is 0 Å². The van der Waals surface area contributed by atoms with Crippen LogP contribution in [0.15, 0.2) is 18.2 Å². The number of hydrogen-bond acceptors (Lipinski definition) is 4. The van der Waals surface area contributed by atoms with Gasteiger partial charge in [0.25, 0.3) is 5.91 Å². The molecule has 0 heterocycles. The molecule has 1 amide bonds. The lowest BCUT2D eigenvalue weighted by Crippen LogP contribution is -2.49. The summed E-state index contributed by atoms with van der Waals surface area (Å²) in [6.45, 7) is 0. The average Bonchev–Trinajstić information content (AvgIpc) is 2.48. The number of nitrogens with two attached hydrogens (primary N) is 1. The van der Waals surface area contributed by atoms with Gasteiger partial charge < -0.3 is 20.5 Å². The van der Waals surface area contributed by atoms with Gasteiger partial charge in [-0.25, -0.2) is 0 Å². The van der Waals surface area contributed by atoms with E-state index in [2.05, 4.69) is 5.32 Å². The van der Waals surface area contributed by atoms with E-state index in [4.69, 9.17) is 15.2 Å². The Kier molecular flexibility index (Phi) is 4.84. The maximum absolute atomic E-state index is 12.3. The van der Waals surface area contributed by atoms with Crippen LogP contribution >= 0.6 is 0 Å². The molecule has 2 rings (SSSR count). The Morgan fingerprint density at radius 2 is 1.75 bits per heavy atom. The molecule has 1 aromatic rings. The van der Waals surface area contributed by atoms with Gasteiger partial charge in [-0.2, -0.15) is 0 Å². The van der Waals surface area contributed by atoms with Gasteiger partial charge in [-0.15, -0.1) is 0 Å². The fraction of sp³-hybridized carbons (Fsp3) is 0.533. The number of methoxy groups -OCH3 is 2. The third kappa shape index (κ3) is 3.42. The summed E-state index contributed by atoms with van der Waals surface area (Å²) in [5.74, 6) is 1.06. The molecule has 1 aliphatic carbocycles. The highest BCUT2D eigenvalue weighted by molar-refractivity contribution is 5.95. The van der Waals surface area contributed by atoms with Crippen LogP contribution in [-0.4, -0.2) is 32.2 Å². The van der Waals surface area contributed by atoms with Crippen LogP contribution in [0.3, 0.4) is 0 Å². The van der Waals surface area contributed by atoms with Crippen LogP contribution < -0.4 is 20.5 Å². The van der Waals surface area contributed by atoms with Crippen molar-refractivity contribution < 1.29 is 14.3 Å². The molecule has 2 unspecified atom stereocenters. The molecule has 0 spiro atoms. The fourth-order valence-electron chi connectivity index (χ4n) is 2.53. The minimum Gasteiger partial charge on any atom is -0.497 e. The Morgan fingerprint density at radius 1 is 1.15 bits per heavy atom. The molecule has 0 aliphatic heterocycles. The molecule has 5 nitrogen and oxygen atoms in total. The van der Waals surface area contributed by atoms with E-state index in [9.17, 15) is 4.79 Å². The zero-order valence-corrected chi connectivity index (χ0v) is 12.0. The predicted molar refractivity (Wildman–Crippen MR) is 77.2 cm³/mol. The van der Waals surface area contributed by atoms with Crippen LogP contribution in [-0.2, 0) is 0 Å². The normalized spacial score (nSPS) is 22.1. The van der Waals surface area contributed by atoms with Crippen molar-refractivity contribution in [3.8, 4) is 11.5 Å². The second-order valence-corrected chi connectivity index (χ2v) is 5.13. The summed E-state index contributed by atoms with van der Waals surface area (Å²) >= 11 is 0. The van der Waals surface area contributed by atoms with Gasteiger partial charge in [0.15, 0.2) is 0 Å². The van der Waals surface area contributed by atoms with Crippen molar-refractivity contribution in [2.75, 3.05) is 14.2 Å². The molecule has 0 aromatic heterocycles. The smallest absolute Gasteiger partial charge is 0.251 e. The molecule has 1 fully saturated rings. The maximum atomic E-state index is 12.3. The summed E-state index contributed by atoms with van der Waals surface area (Å²) in [6.07, 6.45) is 4.15. The Hall–Kier alpha value is -1.75. The van der Waals surface area contributed by atoms with E-state index < -0.39 is 0 Å². The maximum Gasteiger partial charge on any atom is 0.251 e. The summed E-state index contributed by atoms with van der Waals surface area (Å²) in [5, 5.41) is 3.01. The number of rotatable bonds is 4. The van der Waals surface area contributed by atoms with Crippen molar-refractivity contribution >= 4 is 5.91 Å². The minimum absolute atomic E-state index is 0.0419. The zero-order valence-electron chi connectivity index (χ0n) is 12.0. The zero-order chi connectivity index (χ0) is 14.5. The quantitative estimate of drug-likeness (QED) is 0.879. The molecular formula is C15H22N2O3. The minimum atomic E-state index is -0.135. The van der Waals surface area contributed by atoms with Crippen LogP contribution in [0.4, 0.5) is 0 Å². The number of hydrogen-bond donors (Lipinski definition) is 2. The first kappa shape index (κ1) is 14.7. The first-order valence-electron chi connectivity index (χ1n) is 6.93. The van der Waals surface area contributed by atoms with Crippen LogP contribution in [0.1, 0.15) is 36.0 Å². The Labute approximate surface area is 119 Å². The van der Waals surface area contributed by atoms with Gasteiger partial charge in [-0.3, -0.25) is 4.79 Å². The van der Waals surface area contributed by atoms with Crippen molar-refractivity contribution in [3.05, 3.63) is 23.8 Å². The first-order valence-corrected chi connectivity index (χ1v) is 6.93. The van der Waals surface area contributed by atoms with E-state index in [1.54, 1.807) is 32.4 Å². The lowest BCUT2D eigenvalue weighted by atomic mass is 9.91. The second kappa shape index (κ2) is 6.61. The molecule has 5 heteroatoms. The van der Waals surface area contributed by atoms with Gasteiger partial charge in [0.2, 0.25) is 0 Å². The number of carbonyl (C=O) groups excluding carboxylic acids is 1. The van der Waals surface area contributed by atoms with Crippen LogP contribution in [0.5, 0.6) is 11.5 Å². The third-order valence-electron chi connectivity index (χ3n) is 3.75. The van der Waals surface area contributed by atoms with E-state index in [1.165, 1.54) is 0 Å². The van der Waals surface area contributed by atoms with Crippen LogP contribution in [0.25, 0.3) is 0 Å². The van der Waals surface area contributed by atoms with E-state index in [1.807, 2.05) is 0 Å². The highest BCUT2D eigenvalue weighted by Gasteiger charge is 2.24. The van der Waals surface area contributed by atoms with Gasteiger partial charge in [0.1, 0.15) is 11.5 Å². The van der Waals surface area contributed by atoms with Gasteiger partial charge in [-0.05, 0) is 25.0 Å². The van der Waals surface area contributed by atoms with Crippen LogP contribution in [0.2, 0.25) is 0 Å². The molecule has 1 saturated carbocycles. The van der Waals surface area contributed by atoms with Gasteiger partial charge in [0.05, 0.1) is 14.2 Å². The average molecular weight is 278 g/mol. The largest absolute Gasteiger partial charge is 0.497 e.